The van der Waals surface area contributed by atoms with Crippen molar-refractivity contribution in [2.45, 2.75) is 24.3 Å². The van der Waals surface area contributed by atoms with Crippen molar-refractivity contribution >= 4 is 58.0 Å². The van der Waals surface area contributed by atoms with E-state index < -0.39 is 0 Å². The maximum atomic E-state index is 6.25. The van der Waals surface area contributed by atoms with E-state index in [4.69, 9.17) is 35.4 Å². The first kappa shape index (κ1) is 16.9. The maximum absolute atomic E-state index is 6.25. The van der Waals surface area contributed by atoms with E-state index in [1.54, 1.807) is 0 Å². The molecule has 0 amide bonds. The number of aryl methyl sites for hydroxylation is 1. The fourth-order valence-electron chi connectivity index (χ4n) is 2.55. The van der Waals surface area contributed by atoms with Gasteiger partial charge in [-0.15, -0.1) is 11.8 Å². The lowest BCUT2D eigenvalue weighted by Gasteiger charge is -2.27. The number of nitrogens with one attached hydrogen (secondary N) is 2. The molecule has 0 unspecified atom stereocenters. The standard InChI is InChI=1S/C17H16Cl2N2S2/c1-10-2-4-15(13(19)8-10)21-17(22)20-14-6-7-23-16-5-3-11(18)9-12(14)16/h2-5,8-9,14H,6-7H2,1H3,(H2,20,21,22)/t14-/m1/s1. The minimum atomic E-state index is 0.161. The average molecular weight is 383 g/mol. The summed E-state index contributed by atoms with van der Waals surface area (Å²) in [5.41, 5.74) is 3.13. The zero-order valence-electron chi connectivity index (χ0n) is 12.5. The number of halogens is 2. The van der Waals surface area contributed by atoms with Crippen LogP contribution in [0, 0.1) is 6.92 Å². The SMILES string of the molecule is Cc1ccc(NC(=S)N[C@@H]2CCSc3ccc(Cl)cc32)c(Cl)c1. The highest BCUT2D eigenvalue weighted by atomic mass is 35.5. The summed E-state index contributed by atoms with van der Waals surface area (Å²) in [5, 5.41) is 8.54. The highest BCUT2D eigenvalue weighted by molar-refractivity contribution is 7.99. The Bertz CT molecular complexity index is 749. The first-order chi connectivity index (χ1) is 11.0. The van der Waals surface area contributed by atoms with Crippen molar-refractivity contribution in [1.29, 1.82) is 0 Å². The monoisotopic (exact) mass is 382 g/mol. The minimum absolute atomic E-state index is 0.161. The van der Waals surface area contributed by atoms with Gasteiger partial charge in [-0.05, 0) is 67.0 Å². The van der Waals surface area contributed by atoms with Gasteiger partial charge in [-0.1, -0.05) is 29.3 Å². The van der Waals surface area contributed by atoms with Crippen LogP contribution in [-0.4, -0.2) is 10.9 Å². The molecule has 120 valence electrons. The van der Waals surface area contributed by atoms with E-state index in [1.807, 2.05) is 49.0 Å². The summed E-state index contributed by atoms with van der Waals surface area (Å²) >= 11 is 19.7. The lowest BCUT2D eigenvalue weighted by Crippen LogP contribution is -2.34. The molecule has 1 heterocycles. The molecule has 0 fully saturated rings. The molecule has 2 N–H and O–H groups in total. The number of rotatable bonds is 2. The molecule has 1 atom stereocenters. The van der Waals surface area contributed by atoms with Crippen LogP contribution in [0.3, 0.4) is 0 Å². The fourth-order valence-corrected chi connectivity index (χ4v) is 4.37. The van der Waals surface area contributed by atoms with Gasteiger partial charge < -0.3 is 10.6 Å². The second kappa shape index (κ2) is 7.31. The van der Waals surface area contributed by atoms with Gasteiger partial charge in [0, 0.05) is 15.7 Å². The number of thiocarbonyl (C=S) groups is 1. The Hall–Kier alpha value is -0.940. The number of benzene rings is 2. The molecule has 1 aliphatic heterocycles. The fraction of sp³-hybridized carbons (Fsp3) is 0.235. The molecule has 0 bridgehead atoms. The molecular weight excluding hydrogens is 367 g/mol. The number of anilines is 1. The predicted molar refractivity (Wildman–Crippen MR) is 105 cm³/mol. The van der Waals surface area contributed by atoms with Crippen molar-refractivity contribution in [3.8, 4) is 0 Å². The largest absolute Gasteiger partial charge is 0.356 e. The van der Waals surface area contributed by atoms with E-state index in [2.05, 4.69) is 16.7 Å². The zero-order chi connectivity index (χ0) is 16.4. The smallest absolute Gasteiger partial charge is 0.171 e. The third-order valence-corrected chi connectivity index (χ3v) is 5.58. The van der Waals surface area contributed by atoms with Crippen LogP contribution in [0.15, 0.2) is 41.3 Å². The lowest BCUT2D eigenvalue weighted by atomic mass is 10.0. The van der Waals surface area contributed by atoms with Gasteiger partial charge in [0.2, 0.25) is 0 Å². The van der Waals surface area contributed by atoms with Gasteiger partial charge in [-0.25, -0.2) is 0 Å². The van der Waals surface area contributed by atoms with Crippen molar-refractivity contribution in [3.05, 3.63) is 57.6 Å². The Morgan fingerprint density at radius 3 is 2.83 bits per heavy atom. The predicted octanol–water partition coefficient (Wildman–Crippen LogP) is 5.83. The van der Waals surface area contributed by atoms with Crippen molar-refractivity contribution in [1.82, 2.24) is 5.32 Å². The van der Waals surface area contributed by atoms with Crippen LogP contribution in [-0.2, 0) is 0 Å². The Kier molecular flexibility index (Phi) is 5.37. The molecule has 0 saturated heterocycles. The minimum Gasteiger partial charge on any atom is -0.356 e. The van der Waals surface area contributed by atoms with Crippen LogP contribution in [0.2, 0.25) is 10.0 Å². The molecule has 0 saturated carbocycles. The van der Waals surface area contributed by atoms with Crippen LogP contribution in [0.4, 0.5) is 5.69 Å². The lowest BCUT2D eigenvalue weighted by molar-refractivity contribution is 0.614. The quantitative estimate of drug-likeness (QED) is 0.638. The first-order valence-electron chi connectivity index (χ1n) is 7.29. The van der Waals surface area contributed by atoms with E-state index in [1.165, 1.54) is 10.5 Å². The third-order valence-electron chi connectivity index (χ3n) is 3.69. The van der Waals surface area contributed by atoms with Crippen molar-refractivity contribution < 1.29 is 0 Å². The Labute approximate surface area is 155 Å². The summed E-state index contributed by atoms with van der Waals surface area (Å²) < 4.78 is 0. The van der Waals surface area contributed by atoms with Gasteiger partial charge in [0.1, 0.15) is 0 Å². The summed E-state index contributed by atoms with van der Waals surface area (Å²) in [5.74, 6) is 1.06. The summed E-state index contributed by atoms with van der Waals surface area (Å²) in [7, 11) is 0. The van der Waals surface area contributed by atoms with Crippen LogP contribution in [0.25, 0.3) is 0 Å². The second-order valence-corrected chi connectivity index (χ2v) is 7.84. The van der Waals surface area contributed by atoms with Crippen LogP contribution in [0.1, 0.15) is 23.6 Å². The van der Waals surface area contributed by atoms with Crippen molar-refractivity contribution in [2.75, 3.05) is 11.1 Å². The molecule has 2 aromatic rings. The highest BCUT2D eigenvalue weighted by Crippen LogP contribution is 2.37. The molecule has 6 heteroatoms. The molecule has 0 spiro atoms. The van der Waals surface area contributed by atoms with E-state index >= 15 is 0 Å². The normalized spacial score (nSPS) is 16.6. The molecular formula is C17H16Cl2N2S2. The Morgan fingerprint density at radius 1 is 1.22 bits per heavy atom. The number of thioether (sulfide) groups is 1. The topological polar surface area (TPSA) is 24.1 Å². The average Bonchev–Trinajstić information content (AvgIpc) is 2.51. The molecule has 0 aliphatic carbocycles. The van der Waals surface area contributed by atoms with E-state index in [0.29, 0.717) is 10.1 Å². The van der Waals surface area contributed by atoms with Gasteiger partial charge >= 0.3 is 0 Å². The molecule has 3 rings (SSSR count). The van der Waals surface area contributed by atoms with Crippen molar-refractivity contribution in [3.63, 3.8) is 0 Å². The van der Waals surface area contributed by atoms with E-state index in [0.717, 1.165) is 28.4 Å². The molecule has 0 radical (unpaired) electrons. The van der Waals surface area contributed by atoms with Crippen LogP contribution >= 0.6 is 47.2 Å². The number of fused-ring (bicyclic) bond motifs is 1. The highest BCUT2D eigenvalue weighted by Gasteiger charge is 2.21. The van der Waals surface area contributed by atoms with Gasteiger partial charge in [0.25, 0.3) is 0 Å². The Morgan fingerprint density at radius 2 is 2.04 bits per heavy atom. The first-order valence-corrected chi connectivity index (χ1v) is 9.44. The molecule has 2 nitrogen and oxygen atoms in total. The summed E-state index contributed by atoms with van der Waals surface area (Å²) in [4.78, 5) is 1.26. The van der Waals surface area contributed by atoms with E-state index in [-0.39, 0.29) is 6.04 Å². The van der Waals surface area contributed by atoms with Gasteiger partial charge in [0.15, 0.2) is 5.11 Å². The van der Waals surface area contributed by atoms with Crippen LogP contribution < -0.4 is 10.6 Å². The van der Waals surface area contributed by atoms with Gasteiger partial charge in [0.05, 0.1) is 16.8 Å². The molecule has 23 heavy (non-hydrogen) atoms. The Balaban J connectivity index is 1.73. The summed E-state index contributed by atoms with van der Waals surface area (Å²) in [6.07, 6.45) is 1.00. The summed E-state index contributed by atoms with van der Waals surface area (Å²) in [6.45, 7) is 2.01. The number of hydrogen-bond donors (Lipinski definition) is 2. The van der Waals surface area contributed by atoms with Gasteiger partial charge in [-0.3, -0.25) is 0 Å². The van der Waals surface area contributed by atoms with Gasteiger partial charge in [-0.2, -0.15) is 0 Å². The third kappa shape index (κ3) is 4.13. The zero-order valence-corrected chi connectivity index (χ0v) is 15.7. The molecule has 2 aromatic carbocycles. The van der Waals surface area contributed by atoms with Crippen LogP contribution in [0.5, 0.6) is 0 Å². The summed E-state index contributed by atoms with van der Waals surface area (Å²) in [6, 6.07) is 12.0. The van der Waals surface area contributed by atoms with Crippen molar-refractivity contribution in [2.24, 2.45) is 0 Å². The molecule has 1 aliphatic rings. The number of hydrogen-bond acceptors (Lipinski definition) is 2. The molecule has 0 aromatic heterocycles. The van der Waals surface area contributed by atoms with E-state index in [9.17, 15) is 0 Å². The maximum Gasteiger partial charge on any atom is 0.171 e. The second-order valence-electron chi connectivity index (χ2n) is 5.45.